The van der Waals surface area contributed by atoms with Crippen molar-refractivity contribution in [1.82, 2.24) is 15.5 Å². The van der Waals surface area contributed by atoms with Crippen molar-refractivity contribution in [1.29, 1.82) is 0 Å². The number of halogens is 1. The summed E-state index contributed by atoms with van der Waals surface area (Å²) >= 11 is 3.51. The van der Waals surface area contributed by atoms with Crippen molar-refractivity contribution >= 4 is 21.9 Å². The summed E-state index contributed by atoms with van der Waals surface area (Å²) in [5, 5.41) is 6.98. The van der Waals surface area contributed by atoms with Gasteiger partial charge < -0.3 is 20.3 Å². The topological polar surface area (TPSA) is 48.9 Å². The Kier molecular flexibility index (Phi) is 8.02. The zero-order valence-corrected chi connectivity index (χ0v) is 16.5. The Morgan fingerprint density at radius 3 is 2.75 bits per heavy atom. The number of likely N-dealkylation sites (tertiary alicyclic amines) is 1. The van der Waals surface area contributed by atoms with E-state index in [1.54, 1.807) is 7.11 Å². The summed E-state index contributed by atoms with van der Waals surface area (Å²) in [7, 11) is 3.59. The van der Waals surface area contributed by atoms with Gasteiger partial charge in [0.05, 0.1) is 6.61 Å². The molecule has 1 aromatic carbocycles. The second-order valence-corrected chi connectivity index (χ2v) is 7.17. The highest BCUT2D eigenvalue weighted by Gasteiger charge is 2.19. The molecular weight excluding hydrogens is 368 g/mol. The molecule has 1 aromatic rings. The number of hydrogen-bond acceptors (Lipinski definition) is 3. The molecule has 0 bridgehead atoms. The van der Waals surface area contributed by atoms with Crippen molar-refractivity contribution < 1.29 is 4.74 Å². The minimum Gasteiger partial charge on any atom is -0.383 e. The van der Waals surface area contributed by atoms with E-state index >= 15 is 0 Å². The van der Waals surface area contributed by atoms with Crippen LogP contribution in [-0.4, -0.2) is 57.3 Å². The second kappa shape index (κ2) is 10.0. The van der Waals surface area contributed by atoms with E-state index in [1.165, 1.54) is 11.1 Å². The smallest absolute Gasteiger partial charge is 0.191 e. The molecule has 0 saturated carbocycles. The Labute approximate surface area is 154 Å². The van der Waals surface area contributed by atoms with Crippen LogP contribution in [-0.2, 0) is 11.3 Å². The number of nitrogens with zero attached hydrogens (tertiary/aromatic N) is 2. The van der Waals surface area contributed by atoms with Gasteiger partial charge in [-0.1, -0.05) is 22.0 Å². The predicted molar refractivity (Wildman–Crippen MR) is 104 cm³/mol. The minimum absolute atomic E-state index is 0.487. The summed E-state index contributed by atoms with van der Waals surface area (Å²) in [4.78, 5) is 6.83. The van der Waals surface area contributed by atoms with Crippen molar-refractivity contribution in [2.24, 2.45) is 4.99 Å². The van der Waals surface area contributed by atoms with Crippen LogP contribution < -0.4 is 10.6 Å². The standard InChI is InChI=1S/C18H29BrN4O/c1-14-12-16(19)5-4-15(14)13-21-18(20-2)22-17-6-8-23(9-7-17)10-11-24-3/h4-5,12,17H,6-11,13H2,1-3H3,(H2,20,21,22). The fraction of sp³-hybridized carbons (Fsp3) is 0.611. The molecule has 0 radical (unpaired) electrons. The number of guanidine groups is 1. The zero-order valence-electron chi connectivity index (χ0n) is 14.9. The summed E-state index contributed by atoms with van der Waals surface area (Å²) in [6, 6.07) is 6.85. The Balaban J connectivity index is 1.77. The molecule has 1 heterocycles. The van der Waals surface area contributed by atoms with Gasteiger partial charge in [-0.05, 0) is 43.0 Å². The van der Waals surface area contributed by atoms with Crippen LogP contribution in [0.25, 0.3) is 0 Å². The van der Waals surface area contributed by atoms with Crippen LogP contribution in [0.15, 0.2) is 27.7 Å². The molecule has 1 saturated heterocycles. The van der Waals surface area contributed by atoms with Gasteiger partial charge in [0, 0.05) is 50.9 Å². The molecule has 5 nitrogen and oxygen atoms in total. The minimum atomic E-state index is 0.487. The van der Waals surface area contributed by atoms with E-state index in [0.29, 0.717) is 6.04 Å². The van der Waals surface area contributed by atoms with E-state index < -0.39 is 0 Å². The molecule has 2 N–H and O–H groups in total. The van der Waals surface area contributed by atoms with Crippen LogP contribution in [0.1, 0.15) is 24.0 Å². The van der Waals surface area contributed by atoms with E-state index in [4.69, 9.17) is 4.74 Å². The first-order valence-corrected chi connectivity index (χ1v) is 9.35. The SMILES string of the molecule is CN=C(NCc1ccc(Br)cc1C)NC1CCN(CCOC)CC1. The highest BCUT2D eigenvalue weighted by atomic mass is 79.9. The molecule has 134 valence electrons. The number of hydrogen-bond donors (Lipinski definition) is 2. The maximum Gasteiger partial charge on any atom is 0.191 e. The quantitative estimate of drug-likeness (QED) is 0.572. The zero-order chi connectivity index (χ0) is 17.4. The van der Waals surface area contributed by atoms with Gasteiger partial charge in [-0.15, -0.1) is 0 Å². The monoisotopic (exact) mass is 396 g/mol. The molecular formula is C18H29BrN4O. The lowest BCUT2D eigenvalue weighted by Gasteiger charge is -2.32. The Hall–Kier alpha value is -1.11. The molecule has 1 aliphatic rings. The van der Waals surface area contributed by atoms with Gasteiger partial charge in [0.1, 0.15) is 0 Å². The van der Waals surface area contributed by atoms with Crippen LogP contribution in [0.3, 0.4) is 0 Å². The van der Waals surface area contributed by atoms with Gasteiger partial charge in [0.15, 0.2) is 5.96 Å². The molecule has 0 aliphatic carbocycles. The lowest BCUT2D eigenvalue weighted by molar-refractivity contribution is 0.128. The van der Waals surface area contributed by atoms with Crippen LogP contribution >= 0.6 is 15.9 Å². The van der Waals surface area contributed by atoms with Crippen LogP contribution in [0.5, 0.6) is 0 Å². The summed E-state index contributed by atoms with van der Waals surface area (Å²) in [6.45, 7) is 6.99. The average molecular weight is 397 g/mol. The first kappa shape index (κ1) is 19.2. The van der Waals surface area contributed by atoms with E-state index in [2.05, 4.69) is 61.6 Å². The summed E-state index contributed by atoms with van der Waals surface area (Å²) < 4.78 is 6.27. The van der Waals surface area contributed by atoms with Gasteiger partial charge in [-0.25, -0.2) is 0 Å². The maximum atomic E-state index is 5.15. The number of aryl methyl sites for hydroxylation is 1. The van der Waals surface area contributed by atoms with Crippen LogP contribution in [0.4, 0.5) is 0 Å². The lowest BCUT2D eigenvalue weighted by Crippen LogP contribution is -2.48. The number of piperidine rings is 1. The van der Waals surface area contributed by atoms with Crippen LogP contribution in [0.2, 0.25) is 0 Å². The van der Waals surface area contributed by atoms with Gasteiger partial charge >= 0.3 is 0 Å². The molecule has 0 spiro atoms. The lowest BCUT2D eigenvalue weighted by atomic mass is 10.1. The van der Waals surface area contributed by atoms with Crippen molar-refractivity contribution in [3.05, 3.63) is 33.8 Å². The predicted octanol–water partition coefficient (Wildman–Crippen LogP) is 2.53. The third-order valence-electron chi connectivity index (χ3n) is 4.51. The van der Waals surface area contributed by atoms with Gasteiger partial charge in [0.25, 0.3) is 0 Å². The van der Waals surface area contributed by atoms with Gasteiger partial charge in [-0.3, -0.25) is 4.99 Å². The van der Waals surface area contributed by atoms with E-state index in [1.807, 2.05) is 7.05 Å². The molecule has 6 heteroatoms. The molecule has 0 aromatic heterocycles. The summed E-state index contributed by atoms with van der Waals surface area (Å²) in [5.41, 5.74) is 2.56. The van der Waals surface area contributed by atoms with Gasteiger partial charge in [0.2, 0.25) is 0 Å². The molecule has 0 amide bonds. The third kappa shape index (κ3) is 6.07. The largest absolute Gasteiger partial charge is 0.383 e. The Morgan fingerprint density at radius 1 is 1.38 bits per heavy atom. The Bertz CT molecular complexity index is 542. The van der Waals surface area contributed by atoms with Crippen molar-refractivity contribution in [2.45, 2.75) is 32.4 Å². The average Bonchev–Trinajstić information content (AvgIpc) is 2.59. The molecule has 0 unspecified atom stereocenters. The molecule has 24 heavy (non-hydrogen) atoms. The Morgan fingerprint density at radius 2 is 2.12 bits per heavy atom. The molecule has 1 aliphatic heterocycles. The third-order valence-corrected chi connectivity index (χ3v) is 5.01. The number of rotatable bonds is 6. The van der Waals surface area contributed by atoms with Crippen molar-refractivity contribution in [3.8, 4) is 0 Å². The highest BCUT2D eigenvalue weighted by molar-refractivity contribution is 9.10. The molecule has 0 atom stereocenters. The first-order chi connectivity index (χ1) is 11.6. The second-order valence-electron chi connectivity index (χ2n) is 6.25. The number of nitrogens with one attached hydrogen (secondary N) is 2. The fourth-order valence-corrected chi connectivity index (χ4v) is 3.42. The number of ether oxygens (including phenoxy) is 1. The normalized spacial score (nSPS) is 17.1. The highest BCUT2D eigenvalue weighted by Crippen LogP contribution is 2.15. The van der Waals surface area contributed by atoms with Crippen LogP contribution in [0, 0.1) is 6.92 Å². The maximum absolute atomic E-state index is 5.15. The van der Waals surface area contributed by atoms with Crippen molar-refractivity contribution in [3.63, 3.8) is 0 Å². The summed E-state index contributed by atoms with van der Waals surface area (Å²) in [6.07, 6.45) is 2.28. The molecule has 2 rings (SSSR count). The molecule has 1 fully saturated rings. The van der Waals surface area contributed by atoms with Gasteiger partial charge in [-0.2, -0.15) is 0 Å². The number of benzene rings is 1. The van der Waals surface area contributed by atoms with Crippen molar-refractivity contribution in [2.75, 3.05) is 40.4 Å². The fourth-order valence-electron chi connectivity index (χ4n) is 2.95. The first-order valence-electron chi connectivity index (χ1n) is 8.56. The summed E-state index contributed by atoms with van der Waals surface area (Å²) in [5.74, 6) is 0.882. The number of methoxy groups -OCH3 is 1. The van der Waals surface area contributed by atoms with E-state index in [0.717, 1.165) is 56.1 Å². The number of aliphatic imine (C=N–C) groups is 1. The van der Waals surface area contributed by atoms with E-state index in [9.17, 15) is 0 Å². The van der Waals surface area contributed by atoms with E-state index in [-0.39, 0.29) is 0 Å².